The number of nitrogens with one attached hydrogen (secondary N) is 2. The van der Waals surface area contributed by atoms with Crippen LogP contribution in [0.5, 0.6) is 0 Å². The number of thiophene rings is 1. The molecule has 2 aliphatic heterocycles. The Morgan fingerprint density at radius 2 is 2.00 bits per heavy atom. The molecule has 3 rings (SSSR count). The van der Waals surface area contributed by atoms with Crippen LogP contribution in [0.2, 0.25) is 4.34 Å². The number of imide groups is 1. The monoisotopic (exact) mass is 313 g/mol. The Labute approximate surface area is 124 Å². The van der Waals surface area contributed by atoms with E-state index >= 15 is 0 Å². The van der Waals surface area contributed by atoms with Gasteiger partial charge in [-0.2, -0.15) is 0 Å². The third-order valence-corrected chi connectivity index (χ3v) is 4.92. The number of nitrogens with zero attached hydrogens (tertiary/aromatic N) is 1. The summed E-state index contributed by atoms with van der Waals surface area (Å²) in [6.07, 6.45) is 0.852. The Hall–Kier alpha value is -1.60. The molecule has 0 aliphatic carbocycles. The molecule has 0 unspecified atom stereocenters. The standard InChI is InChI=1S/C12H12ClN3O3S/c13-8-2-1-7(20-8)9(17)16-5-3-12(4-6-16)10(18)14-11(19)15-12/h1-2H,3-6H2,(H2,14,15,18,19). The summed E-state index contributed by atoms with van der Waals surface area (Å²) in [5.41, 5.74) is -0.846. The third kappa shape index (κ3) is 2.16. The summed E-state index contributed by atoms with van der Waals surface area (Å²) < 4.78 is 0.573. The number of hydrogen-bond acceptors (Lipinski definition) is 4. The molecule has 1 spiro atoms. The highest BCUT2D eigenvalue weighted by atomic mass is 35.5. The molecule has 0 radical (unpaired) electrons. The summed E-state index contributed by atoms with van der Waals surface area (Å²) in [6, 6.07) is 2.93. The van der Waals surface area contributed by atoms with E-state index in [1.807, 2.05) is 0 Å². The van der Waals surface area contributed by atoms with Gasteiger partial charge < -0.3 is 10.2 Å². The van der Waals surface area contributed by atoms with Gasteiger partial charge in [0.2, 0.25) is 0 Å². The lowest BCUT2D eigenvalue weighted by atomic mass is 9.87. The van der Waals surface area contributed by atoms with Crippen molar-refractivity contribution in [1.29, 1.82) is 0 Å². The number of rotatable bonds is 1. The molecule has 6 nitrogen and oxygen atoms in total. The lowest BCUT2D eigenvalue weighted by Gasteiger charge is -2.36. The smallest absolute Gasteiger partial charge is 0.322 e. The first-order chi connectivity index (χ1) is 9.50. The number of carbonyl (C=O) groups is 3. The van der Waals surface area contributed by atoms with Crippen LogP contribution >= 0.6 is 22.9 Å². The zero-order valence-corrected chi connectivity index (χ0v) is 12.0. The minimum Gasteiger partial charge on any atom is -0.338 e. The second kappa shape index (κ2) is 4.75. The summed E-state index contributed by atoms with van der Waals surface area (Å²) >= 11 is 7.06. The number of piperidine rings is 1. The number of likely N-dealkylation sites (tertiary alicyclic amines) is 1. The van der Waals surface area contributed by atoms with Gasteiger partial charge in [0.1, 0.15) is 5.54 Å². The number of hydrogen-bond donors (Lipinski definition) is 2. The Morgan fingerprint density at radius 3 is 2.50 bits per heavy atom. The Balaban J connectivity index is 1.68. The summed E-state index contributed by atoms with van der Waals surface area (Å²) in [7, 11) is 0. The average molecular weight is 314 g/mol. The van der Waals surface area contributed by atoms with Crippen LogP contribution in [0.4, 0.5) is 4.79 Å². The van der Waals surface area contributed by atoms with Crippen molar-refractivity contribution in [2.75, 3.05) is 13.1 Å². The van der Waals surface area contributed by atoms with Crippen LogP contribution in [0.1, 0.15) is 22.5 Å². The molecule has 20 heavy (non-hydrogen) atoms. The van der Waals surface area contributed by atoms with Gasteiger partial charge in [0, 0.05) is 13.1 Å². The first-order valence-electron chi connectivity index (χ1n) is 6.18. The van der Waals surface area contributed by atoms with Crippen molar-refractivity contribution in [2.45, 2.75) is 18.4 Å². The fourth-order valence-electron chi connectivity index (χ4n) is 2.56. The molecule has 2 N–H and O–H groups in total. The van der Waals surface area contributed by atoms with E-state index in [1.54, 1.807) is 17.0 Å². The van der Waals surface area contributed by atoms with Crippen LogP contribution in [-0.4, -0.2) is 41.4 Å². The molecule has 1 aromatic heterocycles. The number of urea groups is 1. The Kier molecular flexibility index (Phi) is 3.18. The van der Waals surface area contributed by atoms with Crippen LogP contribution in [0.15, 0.2) is 12.1 Å². The van der Waals surface area contributed by atoms with E-state index in [0.29, 0.717) is 35.1 Å². The van der Waals surface area contributed by atoms with Crippen LogP contribution in [0, 0.1) is 0 Å². The Bertz CT molecular complexity index is 593. The van der Waals surface area contributed by atoms with Gasteiger partial charge in [0.15, 0.2) is 0 Å². The number of halogens is 1. The van der Waals surface area contributed by atoms with E-state index in [0.717, 1.165) is 0 Å². The minimum atomic E-state index is -0.846. The molecule has 0 bridgehead atoms. The molecule has 2 fully saturated rings. The van der Waals surface area contributed by atoms with Gasteiger partial charge in [0.25, 0.3) is 11.8 Å². The molecule has 4 amide bonds. The molecule has 1 aromatic rings. The van der Waals surface area contributed by atoms with Crippen LogP contribution in [0.3, 0.4) is 0 Å². The van der Waals surface area contributed by atoms with Gasteiger partial charge in [-0.3, -0.25) is 14.9 Å². The summed E-state index contributed by atoms with van der Waals surface area (Å²) in [5, 5.41) is 4.91. The van der Waals surface area contributed by atoms with E-state index in [-0.39, 0.29) is 11.8 Å². The molecule has 106 valence electrons. The van der Waals surface area contributed by atoms with Crippen molar-refractivity contribution in [2.24, 2.45) is 0 Å². The van der Waals surface area contributed by atoms with Gasteiger partial charge in [-0.15, -0.1) is 11.3 Å². The van der Waals surface area contributed by atoms with Crippen molar-refractivity contribution in [3.05, 3.63) is 21.3 Å². The molecule has 2 aliphatic rings. The predicted molar refractivity (Wildman–Crippen MR) is 73.9 cm³/mol. The highest BCUT2D eigenvalue weighted by Crippen LogP contribution is 2.28. The van der Waals surface area contributed by atoms with Crippen molar-refractivity contribution >= 4 is 40.8 Å². The van der Waals surface area contributed by atoms with Gasteiger partial charge in [-0.1, -0.05) is 11.6 Å². The summed E-state index contributed by atoms with van der Waals surface area (Å²) in [5.74, 6) is -0.379. The zero-order chi connectivity index (χ0) is 14.3. The van der Waals surface area contributed by atoms with Gasteiger partial charge in [-0.25, -0.2) is 4.79 Å². The second-order valence-electron chi connectivity index (χ2n) is 4.89. The maximum atomic E-state index is 12.3. The molecule has 0 atom stereocenters. The minimum absolute atomic E-state index is 0.0820. The van der Waals surface area contributed by atoms with Crippen molar-refractivity contribution in [3.8, 4) is 0 Å². The fraction of sp³-hybridized carbons (Fsp3) is 0.417. The number of amides is 4. The third-order valence-electron chi connectivity index (χ3n) is 3.70. The van der Waals surface area contributed by atoms with Gasteiger partial charge in [0.05, 0.1) is 9.21 Å². The Morgan fingerprint density at radius 1 is 1.30 bits per heavy atom. The molecule has 0 aromatic carbocycles. The van der Waals surface area contributed by atoms with Crippen molar-refractivity contribution in [1.82, 2.24) is 15.5 Å². The maximum Gasteiger partial charge on any atom is 0.322 e. The number of carbonyl (C=O) groups excluding carboxylic acids is 3. The van der Waals surface area contributed by atoms with Gasteiger partial charge in [-0.05, 0) is 25.0 Å². The second-order valence-corrected chi connectivity index (χ2v) is 6.60. The maximum absolute atomic E-state index is 12.3. The van der Waals surface area contributed by atoms with Crippen LogP contribution in [0.25, 0.3) is 0 Å². The molecular weight excluding hydrogens is 302 g/mol. The highest BCUT2D eigenvalue weighted by Gasteiger charge is 2.48. The zero-order valence-electron chi connectivity index (χ0n) is 10.4. The van der Waals surface area contributed by atoms with E-state index in [9.17, 15) is 14.4 Å². The van der Waals surface area contributed by atoms with E-state index in [4.69, 9.17) is 11.6 Å². The molecular formula is C12H12ClN3O3S. The summed E-state index contributed by atoms with van der Waals surface area (Å²) in [6.45, 7) is 0.865. The highest BCUT2D eigenvalue weighted by molar-refractivity contribution is 7.17. The largest absolute Gasteiger partial charge is 0.338 e. The molecule has 8 heteroatoms. The average Bonchev–Trinajstić information content (AvgIpc) is 2.95. The quantitative estimate of drug-likeness (QED) is 0.765. The van der Waals surface area contributed by atoms with Crippen LogP contribution < -0.4 is 10.6 Å². The summed E-state index contributed by atoms with van der Waals surface area (Å²) in [4.78, 5) is 37.6. The van der Waals surface area contributed by atoms with E-state index in [2.05, 4.69) is 10.6 Å². The topological polar surface area (TPSA) is 78.5 Å². The van der Waals surface area contributed by atoms with Crippen molar-refractivity contribution in [3.63, 3.8) is 0 Å². The predicted octanol–water partition coefficient (Wildman–Crippen LogP) is 1.22. The first-order valence-corrected chi connectivity index (χ1v) is 7.38. The normalized spacial score (nSPS) is 20.9. The van der Waals surface area contributed by atoms with Gasteiger partial charge >= 0.3 is 6.03 Å². The lowest BCUT2D eigenvalue weighted by Crippen LogP contribution is -2.55. The fourth-order valence-corrected chi connectivity index (χ4v) is 3.57. The van der Waals surface area contributed by atoms with E-state index in [1.165, 1.54) is 11.3 Å². The van der Waals surface area contributed by atoms with E-state index < -0.39 is 11.6 Å². The lowest BCUT2D eigenvalue weighted by molar-refractivity contribution is -0.125. The molecule has 0 saturated carbocycles. The van der Waals surface area contributed by atoms with Crippen LogP contribution in [-0.2, 0) is 4.79 Å². The molecule has 2 saturated heterocycles. The first kappa shape index (κ1) is 13.4. The SMILES string of the molecule is O=C1NC(=O)C2(CCN(C(=O)c3ccc(Cl)s3)CC2)N1. The van der Waals surface area contributed by atoms with Crippen molar-refractivity contribution < 1.29 is 14.4 Å². The molecule has 3 heterocycles.